The zero-order valence-corrected chi connectivity index (χ0v) is 17.2. The van der Waals surface area contributed by atoms with E-state index in [4.69, 9.17) is 0 Å². The van der Waals surface area contributed by atoms with Gasteiger partial charge in [0.1, 0.15) is 5.82 Å². The van der Waals surface area contributed by atoms with Crippen molar-refractivity contribution in [2.24, 2.45) is 0 Å². The molecular weight excluding hydrogens is 380 g/mol. The smallest absolute Gasteiger partial charge is 0.182 e. The summed E-state index contributed by atoms with van der Waals surface area (Å²) in [5.74, 6) is 0.720. The minimum Gasteiger partial charge on any atom is -0.340 e. The number of anilines is 2. The molecule has 0 atom stereocenters. The average molecular weight is 403 g/mol. The Morgan fingerprint density at radius 1 is 0.862 bits per heavy atom. The van der Waals surface area contributed by atoms with Gasteiger partial charge in [-0.1, -0.05) is 48.0 Å². The van der Waals surface area contributed by atoms with E-state index >= 15 is 0 Å². The Morgan fingerprint density at radius 2 is 1.59 bits per heavy atom. The Labute approximate surface area is 171 Å². The van der Waals surface area contributed by atoms with Crippen LogP contribution in [0.1, 0.15) is 16.7 Å². The summed E-state index contributed by atoms with van der Waals surface area (Å²) in [6.07, 6.45) is 0. The first-order valence-corrected chi connectivity index (χ1v) is 11.1. The van der Waals surface area contributed by atoms with Gasteiger partial charge >= 0.3 is 0 Å². The number of sulfone groups is 1. The Hall–Kier alpha value is -3.18. The van der Waals surface area contributed by atoms with Crippen molar-refractivity contribution in [1.29, 1.82) is 0 Å². The molecule has 0 aliphatic carbocycles. The second-order valence-electron chi connectivity index (χ2n) is 7.24. The van der Waals surface area contributed by atoms with Gasteiger partial charge in [-0.3, -0.25) is 0 Å². The summed E-state index contributed by atoms with van der Waals surface area (Å²) in [7, 11) is -3.43. The number of nitrogens with one attached hydrogen (secondary N) is 1. The highest BCUT2D eigenvalue weighted by atomic mass is 32.2. The molecule has 0 bridgehead atoms. The number of hydrogen-bond donors (Lipinski definition) is 1. The third-order valence-corrected chi connectivity index (χ3v) is 6.56. The fourth-order valence-electron chi connectivity index (χ4n) is 3.29. The number of pyridine rings is 1. The third kappa shape index (κ3) is 4.30. The maximum absolute atomic E-state index is 12.9. The molecule has 1 aromatic heterocycles. The molecule has 29 heavy (non-hydrogen) atoms. The topological polar surface area (TPSA) is 59.1 Å². The molecular formula is C24H22N2O2S. The van der Waals surface area contributed by atoms with E-state index in [1.54, 1.807) is 18.2 Å². The van der Waals surface area contributed by atoms with Gasteiger partial charge in [-0.05, 0) is 61.4 Å². The van der Waals surface area contributed by atoms with Gasteiger partial charge in [0.2, 0.25) is 0 Å². The van der Waals surface area contributed by atoms with Crippen molar-refractivity contribution in [3.8, 4) is 0 Å². The van der Waals surface area contributed by atoms with E-state index in [1.807, 2.05) is 74.5 Å². The molecule has 0 spiro atoms. The molecule has 0 saturated heterocycles. The lowest BCUT2D eigenvalue weighted by atomic mass is 10.1. The van der Waals surface area contributed by atoms with Crippen molar-refractivity contribution in [2.75, 3.05) is 5.32 Å². The van der Waals surface area contributed by atoms with Crippen molar-refractivity contribution in [3.63, 3.8) is 0 Å². The predicted molar refractivity (Wildman–Crippen MR) is 118 cm³/mol. The maximum atomic E-state index is 12.9. The van der Waals surface area contributed by atoms with Crippen LogP contribution in [-0.2, 0) is 15.6 Å². The second-order valence-corrected chi connectivity index (χ2v) is 9.23. The van der Waals surface area contributed by atoms with Crippen molar-refractivity contribution in [2.45, 2.75) is 24.5 Å². The first-order chi connectivity index (χ1) is 13.9. The lowest BCUT2D eigenvalue weighted by Crippen LogP contribution is -2.05. The predicted octanol–water partition coefficient (Wildman–Crippen LogP) is 5.57. The van der Waals surface area contributed by atoms with Crippen LogP contribution in [0, 0.1) is 13.8 Å². The molecule has 0 fully saturated rings. The maximum Gasteiger partial charge on any atom is 0.182 e. The Bertz CT molecular complexity index is 1270. The first-order valence-electron chi connectivity index (χ1n) is 9.42. The fraction of sp³-hybridized carbons (Fsp3) is 0.125. The summed E-state index contributed by atoms with van der Waals surface area (Å²) in [4.78, 5) is 4.97. The number of rotatable bonds is 5. The lowest BCUT2D eigenvalue weighted by molar-refractivity contribution is 0.595. The monoisotopic (exact) mass is 402 g/mol. The Kier molecular flexibility index (Phi) is 5.07. The van der Waals surface area contributed by atoms with Crippen LogP contribution in [0.3, 0.4) is 0 Å². The normalized spacial score (nSPS) is 11.5. The summed E-state index contributed by atoms with van der Waals surface area (Å²) in [6, 6.07) is 24.4. The number of benzene rings is 3. The average Bonchev–Trinajstić information content (AvgIpc) is 2.70. The molecule has 3 aromatic carbocycles. The molecule has 1 heterocycles. The molecule has 1 N–H and O–H groups in total. The highest BCUT2D eigenvalue weighted by molar-refractivity contribution is 7.90. The molecule has 0 unspecified atom stereocenters. The van der Waals surface area contributed by atoms with Crippen molar-refractivity contribution >= 4 is 32.2 Å². The van der Waals surface area contributed by atoms with Gasteiger partial charge in [-0.2, -0.15) is 0 Å². The highest BCUT2D eigenvalue weighted by Crippen LogP contribution is 2.26. The molecule has 0 radical (unpaired) electrons. The van der Waals surface area contributed by atoms with Gasteiger partial charge in [0.15, 0.2) is 9.84 Å². The zero-order chi connectivity index (χ0) is 20.4. The molecule has 4 aromatic rings. The van der Waals surface area contributed by atoms with Gasteiger partial charge in [0.25, 0.3) is 0 Å². The SMILES string of the molecule is Cc1ccc(Nc2cc(C)c3cc(S(=O)(=O)Cc4ccccc4)ccc3n2)cc1. The van der Waals surface area contributed by atoms with E-state index in [2.05, 4.69) is 10.3 Å². The molecule has 0 amide bonds. The van der Waals surface area contributed by atoms with Crippen molar-refractivity contribution in [1.82, 2.24) is 4.98 Å². The second kappa shape index (κ2) is 7.68. The Morgan fingerprint density at radius 3 is 2.31 bits per heavy atom. The van der Waals surface area contributed by atoms with E-state index in [1.165, 1.54) is 5.56 Å². The van der Waals surface area contributed by atoms with E-state index in [-0.39, 0.29) is 5.75 Å². The van der Waals surface area contributed by atoms with Crippen molar-refractivity contribution in [3.05, 3.63) is 95.6 Å². The quantitative estimate of drug-likeness (QED) is 0.474. The lowest BCUT2D eigenvalue weighted by Gasteiger charge is -2.11. The van der Waals surface area contributed by atoms with E-state index in [0.717, 1.165) is 33.5 Å². The molecule has 4 rings (SSSR count). The van der Waals surface area contributed by atoms with E-state index < -0.39 is 9.84 Å². The number of fused-ring (bicyclic) bond motifs is 1. The van der Waals surface area contributed by atoms with Crippen LogP contribution in [0.5, 0.6) is 0 Å². The molecule has 4 nitrogen and oxygen atoms in total. The summed E-state index contributed by atoms with van der Waals surface area (Å²) < 4.78 is 25.7. The van der Waals surface area contributed by atoms with Crippen LogP contribution < -0.4 is 5.32 Å². The van der Waals surface area contributed by atoms with Crippen LogP contribution in [0.15, 0.2) is 83.8 Å². The van der Waals surface area contributed by atoms with Gasteiger partial charge < -0.3 is 5.32 Å². The third-order valence-electron chi connectivity index (χ3n) is 4.87. The van der Waals surface area contributed by atoms with Crippen LogP contribution in [-0.4, -0.2) is 13.4 Å². The van der Waals surface area contributed by atoms with Gasteiger partial charge in [-0.25, -0.2) is 13.4 Å². The van der Waals surface area contributed by atoms with Crippen LogP contribution in [0.4, 0.5) is 11.5 Å². The minimum atomic E-state index is -3.43. The van der Waals surface area contributed by atoms with Crippen LogP contribution >= 0.6 is 0 Å². The Balaban J connectivity index is 1.66. The zero-order valence-electron chi connectivity index (χ0n) is 16.4. The van der Waals surface area contributed by atoms with Gasteiger partial charge in [0.05, 0.1) is 16.2 Å². The standard InChI is InChI=1S/C24H22N2O2S/c1-17-8-10-20(11-9-17)25-24-14-18(2)22-15-21(12-13-23(22)26-24)29(27,28)16-19-6-4-3-5-7-19/h3-15H,16H2,1-2H3,(H,25,26). The largest absolute Gasteiger partial charge is 0.340 e. The van der Waals surface area contributed by atoms with E-state index in [0.29, 0.717) is 4.90 Å². The summed E-state index contributed by atoms with van der Waals surface area (Å²) >= 11 is 0. The fourth-order valence-corrected chi connectivity index (χ4v) is 4.66. The number of nitrogens with zero attached hydrogens (tertiary/aromatic N) is 1. The number of aromatic nitrogens is 1. The first kappa shape index (κ1) is 19.2. The molecule has 5 heteroatoms. The number of hydrogen-bond acceptors (Lipinski definition) is 4. The van der Waals surface area contributed by atoms with Crippen LogP contribution in [0.25, 0.3) is 10.9 Å². The summed E-state index contributed by atoms with van der Waals surface area (Å²) in [5, 5.41) is 4.15. The molecule has 146 valence electrons. The molecule has 0 aliphatic rings. The van der Waals surface area contributed by atoms with Crippen molar-refractivity contribution < 1.29 is 8.42 Å². The van der Waals surface area contributed by atoms with E-state index in [9.17, 15) is 8.42 Å². The van der Waals surface area contributed by atoms with Crippen LogP contribution in [0.2, 0.25) is 0 Å². The minimum absolute atomic E-state index is 0.0150. The molecule has 0 saturated carbocycles. The summed E-state index contributed by atoms with van der Waals surface area (Å²) in [5.41, 5.74) is 4.67. The summed E-state index contributed by atoms with van der Waals surface area (Å²) in [6.45, 7) is 4.02. The highest BCUT2D eigenvalue weighted by Gasteiger charge is 2.17. The van der Waals surface area contributed by atoms with Gasteiger partial charge in [0, 0.05) is 11.1 Å². The van der Waals surface area contributed by atoms with Gasteiger partial charge in [-0.15, -0.1) is 0 Å². The number of aryl methyl sites for hydroxylation is 2. The molecule has 0 aliphatic heterocycles.